The maximum atomic E-state index is 13.9. The van der Waals surface area contributed by atoms with Crippen molar-refractivity contribution in [1.29, 1.82) is 0 Å². The molecule has 0 bridgehead atoms. The fourth-order valence-corrected chi connectivity index (χ4v) is 3.56. The lowest BCUT2D eigenvalue weighted by molar-refractivity contribution is -0.121. The zero-order chi connectivity index (χ0) is 24.9. The molecule has 0 atom stereocenters. The number of nitrogens with zero attached hydrogens (tertiary/aromatic N) is 1. The number of furan rings is 1. The molecule has 0 radical (unpaired) electrons. The van der Waals surface area contributed by atoms with Gasteiger partial charge >= 0.3 is 0 Å². The van der Waals surface area contributed by atoms with E-state index in [2.05, 4.69) is 5.32 Å². The molecule has 0 saturated heterocycles. The van der Waals surface area contributed by atoms with Crippen LogP contribution in [0.15, 0.2) is 52.9 Å². The fourth-order valence-electron chi connectivity index (χ4n) is 3.56. The summed E-state index contributed by atoms with van der Waals surface area (Å²) >= 11 is 0. The Morgan fingerprint density at radius 3 is 2.77 bits per heavy atom. The van der Waals surface area contributed by atoms with Crippen LogP contribution < -0.4 is 19.7 Å². The first-order valence-electron chi connectivity index (χ1n) is 11.2. The monoisotopic (exact) mass is 480 g/mol. The van der Waals surface area contributed by atoms with Gasteiger partial charge in [-0.3, -0.25) is 19.3 Å². The van der Waals surface area contributed by atoms with Crippen LogP contribution in [0.25, 0.3) is 0 Å². The second-order valence-electron chi connectivity index (χ2n) is 8.12. The van der Waals surface area contributed by atoms with E-state index in [-0.39, 0.29) is 54.4 Å². The molecule has 0 spiro atoms. The number of amides is 2. The zero-order valence-corrected chi connectivity index (χ0v) is 19.4. The van der Waals surface area contributed by atoms with E-state index in [4.69, 9.17) is 13.9 Å². The predicted octanol–water partition coefficient (Wildman–Crippen LogP) is 4.05. The number of halogens is 1. The largest absolute Gasteiger partial charge is 0.482 e. The number of nitrogens with one attached hydrogen (secondary N) is 1. The van der Waals surface area contributed by atoms with Gasteiger partial charge < -0.3 is 19.2 Å². The summed E-state index contributed by atoms with van der Waals surface area (Å²) in [6.45, 7) is 3.78. The molecule has 1 aliphatic rings. The van der Waals surface area contributed by atoms with Crippen LogP contribution in [0, 0.1) is 12.7 Å². The van der Waals surface area contributed by atoms with Gasteiger partial charge in [0, 0.05) is 12.1 Å². The van der Waals surface area contributed by atoms with Crippen LogP contribution in [0.2, 0.25) is 0 Å². The molecular weight excluding hydrogens is 455 g/mol. The summed E-state index contributed by atoms with van der Waals surface area (Å²) in [5.74, 6) is -0.618. The average Bonchev–Trinajstić information content (AvgIpc) is 3.33. The number of hydrogen-bond donors (Lipinski definition) is 1. The van der Waals surface area contributed by atoms with Crippen molar-refractivity contribution >= 4 is 23.3 Å². The first kappa shape index (κ1) is 24.0. The SMILES string of the molecule is CCCNC(=O)c1ccc(CN2C(=O)COc3ccc(C(=O)COc4cc(C)ccc4F)cc32)o1. The van der Waals surface area contributed by atoms with Gasteiger partial charge in [0.1, 0.15) is 11.5 Å². The van der Waals surface area contributed by atoms with Gasteiger partial charge in [-0.25, -0.2) is 4.39 Å². The van der Waals surface area contributed by atoms with Gasteiger partial charge in [0.2, 0.25) is 0 Å². The van der Waals surface area contributed by atoms with Crippen LogP contribution in [-0.2, 0) is 11.3 Å². The minimum absolute atomic E-state index is 0.00644. The Labute approximate surface area is 201 Å². The molecule has 3 aromatic rings. The van der Waals surface area contributed by atoms with Crippen LogP contribution in [0.1, 0.15) is 45.6 Å². The Morgan fingerprint density at radius 1 is 1.14 bits per heavy atom. The first-order chi connectivity index (χ1) is 16.9. The molecule has 182 valence electrons. The van der Waals surface area contributed by atoms with Gasteiger partial charge in [0.25, 0.3) is 11.8 Å². The van der Waals surface area contributed by atoms with E-state index in [9.17, 15) is 18.8 Å². The fraction of sp³-hybridized carbons (Fsp3) is 0.269. The van der Waals surface area contributed by atoms with Crippen molar-refractivity contribution in [1.82, 2.24) is 5.32 Å². The topological polar surface area (TPSA) is 98.1 Å². The summed E-state index contributed by atoms with van der Waals surface area (Å²) in [6.07, 6.45) is 0.796. The summed E-state index contributed by atoms with van der Waals surface area (Å²) in [5.41, 5.74) is 1.47. The molecule has 0 unspecified atom stereocenters. The number of carbonyl (C=O) groups is 3. The minimum atomic E-state index is -0.555. The molecule has 1 N–H and O–H groups in total. The van der Waals surface area contributed by atoms with E-state index in [1.165, 1.54) is 23.1 Å². The van der Waals surface area contributed by atoms with Crippen LogP contribution in [0.4, 0.5) is 10.1 Å². The van der Waals surface area contributed by atoms with Crippen molar-refractivity contribution < 1.29 is 32.7 Å². The van der Waals surface area contributed by atoms with Crippen LogP contribution in [-0.4, -0.2) is 37.4 Å². The molecule has 4 rings (SSSR count). The van der Waals surface area contributed by atoms with Crippen molar-refractivity contribution in [3.8, 4) is 11.5 Å². The van der Waals surface area contributed by atoms with Gasteiger partial charge in [0.05, 0.1) is 12.2 Å². The van der Waals surface area contributed by atoms with E-state index in [0.717, 1.165) is 12.0 Å². The summed E-state index contributed by atoms with van der Waals surface area (Å²) in [6, 6.07) is 12.3. The summed E-state index contributed by atoms with van der Waals surface area (Å²) in [5, 5.41) is 2.73. The number of ether oxygens (including phenoxy) is 2. The average molecular weight is 480 g/mol. The Kier molecular flexibility index (Phi) is 7.14. The molecule has 0 fully saturated rings. The van der Waals surface area contributed by atoms with Gasteiger partial charge in [0.15, 0.2) is 36.3 Å². The van der Waals surface area contributed by atoms with Crippen LogP contribution in [0.5, 0.6) is 11.5 Å². The molecule has 9 heteroatoms. The number of anilines is 1. The predicted molar refractivity (Wildman–Crippen MR) is 125 cm³/mol. The van der Waals surface area contributed by atoms with E-state index in [1.54, 1.807) is 37.3 Å². The summed E-state index contributed by atoms with van der Waals surface area (Å²) < 4.78 is 30.4. The number of rotatable bonds is 9. The van der Waals surface area contributed by atoms with Gasteiger partial charge in [-0.2, -0.15) is 0 Å². The minimum Gasteiger partial charge on any atom is -0.482 e. The Hall–Kier alpha value is -4.14. The van der Waals surface area contributed by atoms with Crippen LogP contribution >= 0.6 is 0 Å². The smallest absolute Gasteiger partial charge is 0.286 e. The van der Waals surface area contributed by atoms with E-state index in [1.807, 2.05) is 6.92 Å². The first-order valence-corrected chi connectivity index (χ1v) is 11.2. The second-order valence-corrected chi connectivity index (χ2v) is 8.12. The van der Waals surface area contributed by atoms with Gasteiger partial charge in [-0.05, 0) is 61.4 Å². The maximum Gasteiger partial charge on any atom is 0.286 e. The summed E-state index contributed by atoms with van der Waals surface area (Å²) in [7, 11) is 0. The zero-order valence-electron chi connectivity index (χ0n) is 19.4. The molecule has 35 heavy (non-hydrogen) atoms. The summed E-state index contributed by atoms with van der Waals surface area (Å²) in [4.78, 5) is 38.9. The van der Waals surface area contributed by atoms with Crippen molar-refractivity contribution in [2.75, 3.05) is 24.7 Å². The number of hydrogen-bond acceptors (Lipinski definition) is 6. The number of fused-ring (bicyclic) bond motifs is 1. The normalized spacial score (nSPS) is 12.7. The second kappa shape index (κ2) is 10.4. The highest BCUT2D eigenvalue weighted by Gasteiger charge is 2.28. The van der Waals surface area contributed by atoms with Crippen molar-refractivity contribution in [3.63, 3.8) is 0 Å². The van der Waals surface area contributed by atoms with E-state index < -0.39 is 5.82 Å². The van der Waals surface area contributed by atoms with Crippen molar-refractivity contribution in [3.05, 3.63) is 77.0 Å². The highest BCUT2D eigenvalue weighted by atomic mass is 19.1. The van der Waals surface area contributed by atoms with E-state index >= 15 is 0 Å². The number of carbonyl (C=O) groups excluding carboxylic acids is 3. The lowest BCUT2D eigenvalue weighted by Crippen LogP contribution is -2.38. The molecule has 2 amide bonds. The lowest BCUT2D eigenvalue weighted by atomic mass is 10.1. The van der Waals surface area contributed by atoms with Crippen LogP contribution in [0.3, 0.4) is 0 Å². The Bertz CT molecular complexity index is 1270. The highest BCUT2D eigenvalue weighted by molar-refractivity contribution is 6.02. The third-order valence-electron chi connectivity index (χ3n) is 5.40. The molecule has 0 saturated carbocycles. The van der Waals surface area contributed by atoms with E-state index in [0.29, 0.717) is 23.7 Å². The Morgan fingerprint density at radius 2 is 1.97 bits per heavy atom. The number of ketones is 1. The lowest BCUT2D eigenvalue weighted by Gasteiger charge is -2.29. The molecule has 1 aromatic heterocycles. The third-order valence-corrected chi connectivity index (χ3v) is 5.40. The Balaban J connectivity index is 1.50. The molecule has 2 aromatic carbocycles. The molecule has 8 nitrogen and oxygen atoms in total. The highest BCUT2D eigenvalue weighted by Crippen LogP contribution is 2.34. The third kappa shape index (κ3) is 5.51. The molecule has 2 heterocycles. The quantitative estimate of drug-likeness (QED) is 0.464. The standard InChI is InChI=1S/C26H25FN2O6/c1-3-10-28-26(32)23-9-6-18(35-23)13-29-20-12-17(5-8-22(20)34-15-25(29)31)21(30)14-33-24-11-16(2)4-7-19(24)27/h4-9,11-12H,3,10,13-15H2,1-2H3,(H,28,32). The molecular formula is C26H25FN2O6. The number of Topliss-reactive ketones (excluding diaryl/α,β-unsaturated/α-hetero) is 1. The maximum absolute atomic E-state index is 13.9. The molecule has 0 aliphatic carbocycles. The molecule has 1 aliphatic heterocycles. The van der Waals surface area contributed by atoms with Crippen molar-refractivity contribution in [2.24, 2.45) is 0 Å². The number of benzene rings is 2. The van der Waals surface area contributed by atoms with Gasteiger partial charge in [-0.15, -0.1) is 0 Å². The van der Waals surface area contributed by atoms with Gasteiger partial charge in [-0.1, -0.05) is 13.0 Å². The number of aryl methyl sites for hydroxylation is 1. The van der Waals surface area contributed by atoms with Crippen molar-refractivity contribution in [2.45, 2.75) is 26.8 Å².